The molecule has 0 bridgehead atoms. The lowest BCUT2D eigenvalue weighted by Gasteiger charge is -2.08. The van der Waals surface area contributed by atoms with Crippen LogP contribution in [0.2, 0.25) is 0 Å². The van der Waals surface area contributed by atoms with Crippen LogP contribution in [0.1, 0.15) is 25.7 Å². The van der Waals surface area contributed by atoms with Crippen LogP contribution in [0.25, 0.3) is 0 Å². The van der Waals surface area contributed by atoms with Crippen LogP contribution in [0, 0.1) is 0 Å². The minimum Gasteiger partial charge on any atom is -0.264 e. The third-order valence-electron chi connectivity index (χ3n) is 2.04. The average Bonchev–Trinajstić information content (AvgIpc) is 2.75. The third kappa shape index (κ3) is 2.26. The lowest BCUT2D eigenvalue weighted by atomic mass is 10.4. The number of hydrogen-bond acceptors (Lipinski definition) is 3. The van der Waals surface area contributed by atoms with Crippen LogP contribution in [0.15, 0.2) is 23.2 Å². The normalized spacial score (nSPS) is 11.2. The van der Waals surface area contributed by atoms with E-state index in [1.165, 1.54) is 0 Å². The van der Waals surface area contributed by atoms with Crippen molar-refractivity contribution in [3.63, 3.8) is 0 Å². The summed E-state index contributed by atoms with van der Waals surface area (Å²) in [5.74, 6) is 0.917. The topological polar surface area (TPSA) is 48.5 Å². The molecular formula is C9H12BrN5. The quantitative estimate of drug-likeness (QED) is 0.855. The molecule has 0 fully saturated rings. The monoisotopic (exact) mass is 269 g/mol. The molecule has 0 radical (unpaired) electrons. The highest BCUT2D eigenvalue weighted by atomic mass is 79.9. The maximum atomic E-state index is 4.22. The van der Waals surface area contributed by atoms with E-state index in [9.17, 15) is 0 Å². The maximum absolute atomic E-state index is 4.22. The molecule has 2 aromatic heterocycles. The number of hydrogen-bond donors (Lipinski definition) is 0. The molecule has 15 heavy (non-hydrogen) atoms. The first-order valence-electron chi connectivity index (χ1n) is 4.73. The standard InChI is InChI=1S/C9H12BrN5/c1-7(2)15-9(11-6-13-15)5-14-4-8(10)3-12-14/h3-4,6-7H,5H2,1-2H3. The second-order valence-electron chi connectivity index (χ2n) is 3.57. The van der Waals surface area contributed by atoms with E-state index in [-0.39, 0.29) is 0 Å². The SMILES string of the molecule is CC(C)n1ncnc1Cn1cc(Br)cn1. The Morgan fingerprint density at radius 3 is 2.80 bits per heavy atom. The molecule has 0 unspecified atom stereocenters. The van der Waals surface area contributed by atoms with Gasteiger partial charge in [0.1, 0.15) is 18.7 Å². The Morgan fingerprint density at radius 2 is 2.20 bits per heavy atom. The largest absolute Gasteiger partial charge is 0.264 e. The molecule has 2 heterocycles. The Balaban J connectivity index is 2.20. The Kier molecular flexibility index (Phi) is 2.86. The van der Waals surface area contributed by atoms with Crippen LogP contribution < -0.4 is 0 Å². The summed E-state index contributed by atoms with van der Waals surface area (Å²) in [6, 6.07) is 0.321. The number of aromatic nitrogens is 5. The van der Waals surface area contributed by atoms with Gasteiger partial charge in [0.05, 0.1) is 10.7 Å². The van der Waals surface area contributed by atoms with Gasteiger partial charge in [-0.1, -0.05) is 0 Å². The Hall–Kier alpha value is -1.17. The highest BCUT2D eigenvalue weighted by molar-refractivity contribution is 9.10. The summed E-state index contributed by atoms with van der Waals surface area (Å²) in [6.07, 6.45) is 5.25. The Bertz CT molecular complexity index is 445. The van der Waals surface area contributed by atoms with Crippen LogP contribution in [-0.2, 0) is 6.54 Å². The van der Waals surface area contributed by atoms with Crippen LogP contribution >= 0.6 is 15.9 Å². The van der Waals surface area contributed by atoms with Gasteiger partial charge in [-0.25, -0.2) is 9.67 Å². The zero-order valence-corrected chi connectivity index (χ0v) is 10.2. The number of rotatable bonds is 3. The van der Waals surface area contributed by atoms with Crippen LogP contribution in [0.4, 0.5) is 0 Å². The van der Waals surface area contributed by atoms with E-state index in [0.717, 1.165) is 10.3 Å². The number of halogens is 1. The lowest BCUT2D eigenvalue weighted by Crippen LogP contribution is -2.12. The van der Waals surface area contributed by atoms with Crippen LogP contribution in [0.3, 0.4) is 0 Å². The predicted molar refractivity (Wildman–Crippen MR) is 59.4 cm³/mol. The Labute approximate surface area is 96.2 Å². The molecule has 0 spiro atoms. The van der Waals surface area contributed by atoms with Gasteiger partial charge in [0.15, 0.2) is 0 Å². The first-order chi connectivity index (χ1) is 7.16. The van der Waals surface area contributed by atoms with Crippen molar-refractivity contribution in [3.05, 3.63) is 29.0 Å². The van der Waals surface area contributed by atoms with Gasteiger partial charge in [-0.05, 0) is 29.8 Å². The van der Waals surface area contributed by atoms with Gasteiger partial charge in [-0.15, -0.1) is 0 Å². The second-order valence-corrected chi connectivity index (χ2v) is 4.49. The summed E-state index contributed by atoms with van der Waals surface area (Å²) in [7, 11) is 0. The van der Waals surface area contributed by atoms with Gasteiger partial charge in [0.2, 0.25) is 0 Å². The summed E-state index contributed by atoms with van der Waals surface area (Å²) in [5, 5.41) is 8.35. The molecule has 0 aliphatic rings. The van der Waals surface area contributed by atoms with E-state index in [4.69, 9.17) is 0 Å². The van der Waals surface area contributed by atoms with Gasteiger partial charge in [0.25, 0.3) is 0 Å². The first-order valence-corrected chi connectivity index (χ1v) is 5.52. The number of nitrogens with zero attached hydrogens (tertiary/aromatic N) is 5. The van der Waals surface area contributed by atoms with Gasteiger partial charge < -0.3 is 0 Å². The van der Waals surface area contributed by atoms with Crippen molar-refractivity contribution in [3.8, 4) is 0 Å². The van der Waals surface area contributed by atoms with E-state index in [2.05, 4.69) is 45.0 Å². The van der Waals surface area contributed by atoms with Crippen LogP contribution in [-0.4, -0.2) is 24.5 Å². The first kappa shape index (κ1) is 10.4. The molecule has 0 saturated heterocycles. The summed E-state index contributed by atoms with van der Waals surface area (Å²) >= 11 is 3.36. The van der Waals surface area contributed by atoms with E-state index >= 15 is 0 Å². The molecule has 0 atom stereocenters. The van der Waals surface area contributed by atoms with Crippen molar-refractivity contribution >= 4 is 15.9 Å². The summed E-state index contributed by atoms with van der Waals surface area (Å²) in [6.45, 7) is 4.80. The van der Waals surface area contributed by atoms with Gasteiger partial charge in [-0.2, -0.15) is 10.2 Å². The fraction of sp³-hybridized carbons (Fsp3) is 0.444. The lowest BCUT2D eigenvalue weighted by molar-refractivity contribution is 0.488. The van der Waals surface area contributed by atoms with Gasteiger partial charge in [0, 0.05) is 12.2 Å². The molecule has 0 N–H and O–H groups in total. The molecule has 0 aromatic carbocycles. The van der Waals surface area contributed by atoms with E-state index in [1.807, 2.05) is 15.6 Å². The molecule has 0 amide bonds. The molecule has 6 heteroatoms. The zero-order valence-electron chi connectivity index (χ0n) is 8.63. The van der Waals surface area contributed by atoms with Crippen molar-refractivity contribution in [2.75, 3.05) is 0 Å². The molecule has 0 aliphatic carbocycles. The summed E-state index contributed by atoms with van der Waals surface area (Å²) in [5.41, 5.74) is 0. The van der Waals surface area contributed by atoms with Crippen molar-refractivity contribution in [2.24, 2.45) is 0 Å². The molecule has 0 aliphatic heterocycles. The second kappa shape index (κ2) is 4.14. The summed E-state index contributed by atoms with van der Waals surface area (Å²) in [4.78, 5) is 4.22. The minimum absolute atomic E-state index is 0.321. The van der Waals surface area contributed by atoms with Crippen molar-refractivity contribution in [1.29, 1.82) is 0 Å². The smallest absolute Gasteiger partial charge is 0.148 e. The average molecular weight is 270 g/mol. The van der Waals surface area contributed by atoms with E-state index < -0.39 is 0 Å². The van der Waals surface area contributed by atoms with Crippen molar-refractivity contribution in [2.45, 2.75) is 26.4 Å². The minimum atomic E-state index is 0.321. The summed E-state index contributed by atoms with van der Waals surface area (Å²) < 4.78 is 4.70. The van der Waals surface area contributed by atoms with Crippen LogP contribution in [0.5, 0.6) is 0 Å². The highest BCUT2D eigenvalue weighted by Crippen LogP contribution is 2.09. The third-order valence-corrected chi connectivity index (χ3v) is 2.45. The van der Waals surface area contributed by atoms with Gasteiger partial charge in [-0.3, -0.25) is 4.68 Å². The van der Waals surface area contributed by atoms with E-state index in [1.54, 1.807) is 12.5 Å². The van der Waals surface area contributed by atoms with Crippen molar-refractivity contribution < 1.29 is 0 Å². The highest BCUT2D eigenvalue weighted by Gasteiger charge is 2.08. The molecule has 2 aromatic rings. The molecule has 5 nitrogen and oxygen atoms in total. The predicted octanol–water partition coefficient (Wildman–Crippen LogP) is 1.87. The fourth-order valence-corrected chi connectivity index (χ4v) is 1.72. The maximum Gasteiger partial charge on any atom is 0.148 e. The molecule has 80 valence electrons. The zero-order chi connectivity index (χ0) is 10.8. The van der Waals surface area contributed by atoms with E-state index in [0.29, 0.717) is 12.6 Å². The Morgan fingerprint density at radius 1 is 1.40 bits per heavy atom. The fourth-order valence-electron chi connectivity index (χ4n) is 1.39. The van der Waals surface area contributed by atoms with Crippen molar-refractivity contribution in [1.82, 2.24) is 24.5 Å². The molecule has 0 saturated carbocycles. The van der Waals surface area contributed by atoms with Gasteiger partial charge >= 0.3 is 0 Å². The molecular weight excluding hydrogens is 258 g/mol. The molecule has 2 rings (SSSR count).